The normalized spacial score (nSPS) is 12.1. The summed E-state index contributed by atoms with van der Waals surface area (Å²) in [5.74, 6) is -0.493. The molecule has 1 atom stereocenters. The zero-order chi connectivity index (χ0) is 25.1. The molecule has 1 unspecified atom stereocenters. The van der Waals surface area contributed by atoms with Crippen molar-refractivity contribution in [3.63, 3.8) is 0 Å². The molecule has 2 N–H and O–H groups in total. The second-order valence-corrected chi connectivity index (χ2v) is 8.95. The molecule has 3 aromatic carbocycles. The highest BCUT2D eigenvalue weighted by Crippen LogP contribution is 2.32. The summed E-state index contributed by atoms with van der Waals surface area (Å²) in [6.07, 6.45) is 0. The van der Waals surface area contributed by atoms with Gasteiger partial charge in [0.15, 0.2) is 0 Å². The van der Waals surface area contributed by atoms with E-state index >= 15 is 0 Å². The highest BCUT2D eigenvalue weighted by molar-refractivity contribution is 7.21. The van der Waals surface area contributed by atoms with Crippen molar-refractivity contribution >= 4 is 44.2 Å². The number of thiazole rings is 1. The number of furan rings is 1. The van der Waals surface area contributed by atoms with Gasteiger partial charge in [0.05, 0.1) is 21.5 Å². The Bertz CT molecular complexity index is 1560. The van der Waals surface area contributed by atoms with Crippen LogP contribution in [0.2, 0.25) is 0 Å². The minimum absolute atomic E-state index is 0.0432. The number of carbonyl (C=O) groups excluding carboxylic acids is 1. The van der Waals surface area contributed by atoms with E-state index in [1.54, 1.807) is 54.6 Å². The molecule has 0 radical (unpaired) electrons. The van der Waals surface area contributed by atoms with E-state index in [4.69, 9.17) is 4.42 Å². The number of hydrogen-bond donors (Lipinski definition) is 2. The Hall–Kier alpha value is -4.63. The standard InChI is InChI=1S/C27H20N4O4S/c1-16(30-31-27-29-21-9-5-6-10-24(21)36-27)22-13-14-23(35-22)18-11-12-20(19(15-18)26(33)34)28-25(32)17-7-3-2-4-8-17/h2-16H,1H3,(H,28,32)(H,33,34). The third-order valence-corrected chi connectivity index (χ3v) is 6.38. The molecule has 0 fully saturated rings. The molecule has 0 bridgehead atoms. The number of carboxylic acids is 1. The fourth-order valence-electron chi connectivity index (χ4n) is 3.60. The van der Waals surface area contributed by atoms with Gasteiger partial charge in [0.1, 0.15) is 17.6 Å². The molecule has 0 aliphatic heterocycles. The smallest absolute Gasteiger partial charge is 0.337 e. The number of para-hydroxylation sites is 1. The molecule has 1 amide bonds. The highest BCUT2D eigenvalue weighted by atomic mass is 32.1. The third-order valence-electron chi connectivity index (χ3n) is 5.46. The first-order valence-electron chi connectivity index (χ1n) is 11.1. The van der Waals surface area contributed by atoms with Crippen molar-refractivity contribution in [2.24, 2.45) is 10.2 Å². The van der Waals surface area contributed by atoms with Gasteiger partial charge in [-0.2, -0.15) is 5.11 Å². The van der Waals surface area contributed by atoms with Gasteiger partial charge in [-0.05, 0) is 61.5 Å². The maximum atomic E-state index is 12.5. The number of nitrogens with one attached hydrogen (secondary N) is 1. The van der Waals surface area contributed by atoms with Crippen molar-refractivity contribution in [1.29, 1.82) is 0 Å². The van der Waals surface area contributed by atoms with Crippen molar-refractivity contribution in [2.45, 2.75) is 13.0 Å². The number of benzene rings is 3. The third kappa shape index (κ3) is 4.91. The molecule has 36 heavy (non-hydrogen) atoms. The molecule has 0 aliphatic carbocycles. The average molecular weight is 497 g/mol. The molecule has 5 rings (SSSR count). The quantitative estimate of drug-likeness (QED) is 0.228. The fraction of sp³-hybridized carbons (Fsp3) is 0.0741. The van der Waals surface area contributed by atoms with Crippen molar-refractivity contribution < 1.29 is 19.1 Å². The SMILES string of the molecule is CC(N=Nc1nc2ccccc2s1)c1ccc(-c2ccc(NC(=O)c3ccccc3)c(C(=O)O)c2)o1. The summed E-state index contributed by atoms with van der Waals surface area (Å²) < 4.78 is 6.99. The lowest BCUT2D eigenvalue weighted by Gasteiger charge is -2.10. The summed E-state index contributed by atoms with van der Waals surface area (Å²) in [4.78, 5) is 28.8. The van der Waals surface area contributed by atoms with Crippen LogP contribution in [0.3, 0.4) is 0 Å². The number of carboxylic acid groups (broad SMARTS) is 1. The van der Waals surface area contributed by atoms with Gasteiger partial charge in [-0.3, -0.25) is 4.79 Å². The Balaban J connectivity index is 1.34. The first-order valence-corrected chi connectivity index (χ1v) is 11.9. The van der Waals surface area contributed by atoms with Gasteiger partial charge in [-0.15, -0.1) is 5.11 Å². The largest absolute Gasteiger partial charge is 0.478 e. The van der Waals surface area contributed by atoms with Crippen molar-refractivity contribution in [3.8, 4) is 11.3 Å². The van der Waals surface area contributed by atoms with Gasteiger partial charge in [0, 0.05) is 11.1 Å². The van der Waals surface area contributed by atoms with Crippen LogP contribution in [0.15, 0.2) is 99.6 Å². The van der Waals surface area contributed by atoms with E-state index in [0.717, 1.165) is 10.2 Å². The molecule has 8 nitrogen and oxygen atoms in total. The Morgan fingerprint density at radius 3 is 2.56 bits per heavy atom. The minimum Gasteiger partial charge on any atom is -0.478 e. The number of amides is 1. The molecule has 2 heterocycles. The zero-order valence-corrected chi connectivity index (χ0v) is 19.9. The molecule has 0 spiro atoms. The summed E-state index contributed by atoms with van der Waals surface area (Å²) >= 11 is 1.46. The maximum absolute atomic E-state index is 12.5. The van der Waals surface area contributed by atoms with Crippen molar-refractivity contribution in [1.82, 2.24) is 4.98 Å². The highest BCUT2D eigenvalue weighted by Gasteiger charge is 2.17. The van der Waals surface area contributed by atoms with Gasteiger partial charge in [0.25, 0.3) is 5.91 Å². The Labute approximate surface area is 210 Å². The summed E-state index contributed by atoms with van der Waals surface area (Å²) in [5.41, 5.74) is 2.03. The van der Waals surface area contributed by atoms with Gasteiger partial charge in [-0.1, -0.05) is 41.7 Å². The van der Waals surface area contributed by atoms with E-state index in [1.807, 2.05) is 31.2 Å². The number of carbonyl (C=O) groups is 2. The van der Waals surface area contributed by atoms with E-state index in [9.17, 15) is 14.7 Å². The molecule has 0 aliphatic rings. The van der Waals surface area contributed by atoms with Gasteiger partial charge in [-0.25, -0.2) is 9.78 Å². The van der Waals surface area contributed by atoms with Crippen LogP contribution in [-0.2, 0) is 0 Å². The molecule has 2 aromatic heterocycles. The van der Waals surface area contributed by atoms with Crippen LogP contribution in [0.1, 0.15) is 39.4 Å². The van der Waals surface area contributed by atoms with E-state index in [-0.39, 0.29) is 17.3 Å². The lowest BCUT2D eigenvalue weighted by Crippen LogP contribution is -2.14. The van der Waals surface area contributed by atoms with Crippen LogP contribution in [0, 0.1) is 0 Å². The van der Waals surface area contributed by atoms with Gasteiger partial charge < -0.3 is 14.8 Å². The Morgan fingerprint density at radius 2 is 1.78 bits per heavy atom. The van der Waals surface area contributed by atoms with Crippen molar-refractivity contribution in [2.75, 3.05) is 5.32 Å². The molecule has 178 valence electrons. The summed E-state index contributed by atoms with van der Waals surface area (Å²) in [6, 6.07) is 24.3. The van der Waals surface area contributed by atoms with Gasteiger partial charge >= 0.3 is 5.97 Å². The first-order chi connectivity index (χ1) is 17.5. The fourth-order valence-corrected chi connectivity index (χ4v) is 4.39. The molecule has 9 heteroatoms. The first kappa shape index (κ1) is 23.1. The summed E-state index contributed by atoms with van der Waals surface area (Å²) in [6.45, 7) is 1.85. The number of aromatic carboxylic acids is 1. The molecule has 5 aromatic rings. The van der Waals surface area contributed by atoms with E-state index in [0.29, 0.717) is 27.8 Å². The molecular weight excluding hydrogens is 476 g/mol. The number of aromatic nitrogens is 1. The monoisotopic (exact) mass is 496 g/mol. The molecular formula is C27H20N4O4S. The second kappa shape index (κ2) is 9.93. The van der Waals surface area contributed by atoms with Crippen LogP contribution >= 0.6 is 11.3 Å². The van der Waals surface area contributed by atoms with Crippen molar-refractivity contribution in [3.05, 3.63) is 102 Å². The lowest BCUT2D eigenvalue weighted by molar-refractivity contribution is 0.0698. The number of anilines is 1. The average Bonchev–Trinajstić information content (AvgIpc) is 3.55. The number of fused-ring (bicyclic) bond motifs is 1. The number of hydrogen-bond acceptors (Lipinski definition) is 7. The zero-order valence-electron chi connectivity index (χ0n) is 19.1. The number of azo groups is 1. The number of rotatable bonds is 7. The van der Waals surface area contributed by atoms with E-state index in [1.165, 1.54) is 17.4 Å². The minimum atomic E-state index is -1.16. The summed E-state index contributed by atoms with van der Waals surface area (Å²) in [5, 5.41) is 21.5. The van der Waals surface area contributed by atoms with E-state index in [2.05, 4.69) is 20.5 Å². The summed E-state index contributed by atoms with van der Waals surface area (Å²) in [7, 11) is 0. The van der Waals surface area contributed by atoms with E-state index < -0.39 is 11.9 Å². The maximum Gasteiger partial charge on any atom is 0.337 e. The Kier molecular flexibility index (Phi) is 6.38. The second-order valence-electron chi connectivity index (χ2n) is 7.94. The topological polar surface area (TPSA) is 117 Å². The van der Waals surface area contributed by atoms with Crippen LogP contribution in [0.25, 0.3) is 21.5 Å². The molecule has 0 saturated heterocycles. The van der Waals surface area contributed by atoms with Crippen LogP contribution in [0.5, 0.6) is 0 Å². The van der Waals surface area contributed by atoms with Crippen LogP contribution < -0.4 is 5.32 Å². The number of nitrogens with zero attached hydrogens (tertiary/aromatic N) is 3. The Morgan fingerprint density at radius 1 is 1.00 bits per heavy atom. The van der Waals surface area contributed by atoms with Crippen LogP contribution in [-0.4, -0.2) is 22.0 Å². The van der Waals surface area contributed by atoms with Crippen LogP contribution in [0.4, 0.5) is 10.8 Å². The van der Waals surface area contributed by atoms with Gasteiger partial charge in [0.2, 0.25) is 5.13 Å². The molecule has 0 saturated carbocycles. The predicted octanol–water partition coefficient (Wildman–Crippen LogP) is 7.35. The predicted molar refractivity (Wildman–Crippen MR) is 138 cm³/mol. The lowest BCUT2D eigenvalue weighted by atomic mass is 10.1.